The number of piperidine rings is 1. The molecule has 1 aliphatic rings. The number of hydrogen-bond donors (Lipinski definition) is 0. The zero-order valence-electron chi connectivity index (χ0n) is 8.98. The molecule has 82 valence electrons. The van der Waals surface area contributed by atoms with E-state index in [4.69, 9.17) is 4.42 Å². The highest BCUT2D eigenvalue weighted by molar-refractivity contribution is 5.70. The van der Waals surface area contributed by atoms with E-state index in [1.54, 1.807) is 0 Å². The van der Waals surface area contributed by atoms with Gasteiger partial charge in [0.25, 0.3) is 0 Å². The fourth-order valence-electron chi connectivity index (χ4n) is 1.99. The number of rotatable bonds is 3. The topological polar surface area (TPSA) is 46.3 Å². The SMILES string of the molecule is CN1CCC(Cc2nc(C=O)co2)CC1. The molecule has 0 amide bonds. The van der Waals surface area contributed by atoms with Gasteiger partial charge in [-0.05, 0) is 38.9 Å². The average Bonchev–Trinajstić information content (AvgIpc) is 2.69. The molecule has 1 fully saturated rings. The number of carbonyl (C=O) groups is 1. The summed E-state index contributed by atoms with van der Waals surface area (Å²) in [6, 6.07) is 0. The smallest absolute Gasteiger partial charge is 0.194 e. The summed E-state index contributed by atoms with van der Waals surface area (Å²) in [6.45, 7) is 2.29. The highest BCUT2D eigenvalue weighted by Gasteiger charge is 2.18. The number of aldehydes is 1. The maximum absolute atomic E-state index is 10.4. The van der Waals surface area contributed by atoms with E-state index in [0.29, 0.717) is 17.5 Å². The Morgan fingerprint density at radius 2 is 2.33 bits per heavy atom. The van der Waals surface area contributed by atoms with Gasteiger partial charge in [-0.3, -0.25) is 4.79 Å². The molecule has 0 saturated carbocycles. The largest absolute Gasteiger partial charge is 0.448 e. The highest BCUT2D eigenvalue weighted by atomic mass is 16.3. The van der Waals surface area contributed by atoms with Crippen molar-refractivity contribution in [2.24, 2.45) is 5.92 Å². The summed E-state index contributed by atoms with van der Waals surface area (Å²) in [7, 11) is 2.14. The normalized spacial score (nSPS) is 19.3. The second-order valence-corrected chi connectivity index (χ2v) is 4.23. The molecule has 4 nitrogen and oxygen atoms in total. The van der Waals surface area contributed by atoms with E-state index in [1.807, 2.05) is 0 Å². The Bertz CT molecular complexity index is 327. The Hall–Kier alpha value is -1.16. The monoisotopic (exact) mass is 208 g/mol. The van der Waals surface area contributed by atoms with Crippen LogP contribution >= 0.6 is 0 Å². The number of nitrogens with zero attached hydrogens (tertiary/aromatic N) is 2. The summed E-state index contributed by atoms with van der Waals surface area (Å²) in [5, 5.41) is 0. The third-order valence-electron chi connectivity index (χ3n) is 2.99. The molecule has 0 radical (unpaired) electrons. The van der Waals surface area contributed by atoms with Crippen LogP contribution in [0.2, 0.25) is 0 Å². The molecule has 0 unspecified atom stereocenters. The van der Waals surface area contributed by atoms with Crippen LogP contribution in [-0.4, -0.2) is 36.3 Å². The van der Waals surface area contributed by atoms with Crippen LogP contribution in [0.4, 0.5) is 0 Å². The van der Waals surface area contributed by atoms with Gasteiger partial charge in [-0.2, -0.15) is 0 Å². The van der Waals surface area contributed by atoms with Crippen LogP contribution in [0.15, 0.2) is 10.7 Å². The standard InChI is InChI=1S/C11H16N2O2/c1-13-4-2-9(3-5-13)6-11-12-10(7-14)8-15-11/h7-9H,2-6H2,1H3. The van der Waals surface area contributed by atoms with Gasteiger partial charge in [-0.1, -0.05) is 0 Å². The predicted octanol–water partition coefficient (Wildman–Crippen LogP) is 1.37. The third kappa shape index (κ3) is 2.65. The second-order valence-electron chi connectivity index (χ2n) is 4.23. The summed E-state index contributed by atoms with van der Waals surface area (Å²) in [5.41, 5.74) is 0.401. The van der Waals surface area contributed by atoms with Crippen LogP contribution < -0.4 is 0 Å². The number of oxazole rings is 1. The van der Waals surface area contributed by atoms with Gasteiger partial charge in [0.1, 0.15) is 12.0 Å². The van der Waals surface area contributed by atoms with Gasteiger partial charge in [-0.25, -0.2) is 4.98 Å². The summed E-state index contributed by atoms with van der Waals surface area (Å²) in [5.74, 6) is 1.35. The first-order valence-corrected chi connectivity index (χ1v) is 5.36. The molecular weight excluding hydrogens is 192 g/mol. The fraction of sp³-hybridized carbons (Fsp3) is 0.636. The van der Waals surface area contributed by atoms with Gasteiger partial charge in [0.15, 0.2) is 12.2 Å². The molecule has 1 aromatic rings. The van der Waals surface area contributed by atoms with Gasteiger partial charge in [0.05, 0.1) is 0 Å². The van der Waals surface area contributed by atoms with E-state index in [9.17, 15) is 4.79 Å². The van der Waals surface area contributed by atoms with Crippen LogP contribution in [-0.2, 0) is 6.42 Å². The minimum atomic E-state index is 0.401. The lowest BCUT2D eigenvalue weighted by atomic mass is 9.94. The maximum atomic E-state index is 10.4. The van der Waals surface area contributed by atoms with Crippen molar-refractivity contribution in [2.75, 3.05) is 20.1 Å². The molecule has 1 saturated heterocycles. The minimum absolute atomic E-state index is 0.401. The summed E-state index contributed by atoms with van der Waals surface area (Å²) in [4.78, 5) is 16.9. The Morgan fingerprint density at radius 3 is 2.93 bits per heavy atom. The van der Waals surface area contributed by atoms with Crippen molar-refractivity contribution in [3.05, 3.63) is 17.8 Å². The Balaban J connectivity index is 1.88. The quantitative estimate of drug-likeness (QED) is 0.704. The Morgan fingerprint density at radius 1 is 1.60 bits per heavy atom. The first kappa shape index (κ1) is 10.4. The molecule has 0 aliphatic carbocycles. The van der Waals surface area contributed by atoms with Crippen molar-refractivity contribution in [2.45, 2.75) is 19.3 Å². The molecule has 1 aliphatic heterocycles. The summed E-state index contributed by atoms with van der Waals surface area (Å²) >= 11 is 0. The van der Waals surface area contributed by atoms with Crippen molar-refractivity contribution in [3.63, 3.8) is 0 Å². The zero-order chi connectivity index (χ0) is 10.7. The molecule has 1 aromatic heterocycles. The molecular formula is C11H16N2O2. The van der Waals surface area contributed by atoms with Crippen molar-refractivity contribution >= 4 is 6.29 Å². The van der Waals surface area contributed by atoms with Gasteiger partial charge in [0.2, 0.25) is 0 Å². The van der Waals surface area contributed by atoms with Crippen LogP contribution in [0.1, 0.15) is 29.2 Å². The van der Waals surface area contributed by atoms with Gasteiger partial charge >= 0.3 is 0 Å². The third-order valence-corrected chi connectivity index (χ3v) is 2.99. The molecule has 0 atom stereocenters. The van der Waals surface area contributed by atoms with E-state index in [2.05, 4.69) is 16.9 Å². The Kier molecular flexibility index (Phi) is 3.16. The van der Waals surface area contributed by atoms with E-state index >= 15 is 0 Å². The fourth-order valence-corrected chi connectivity index (χ4v) is 1.99. The lowest BCUT2D eigenvalue weighted by molar-refractivity contribution is 0.111. The molecule has 2 heterocycles. The zero-order valence-corrected chi connectivity index (χ0v) is 8.98. The molecule has 0 bridgehead atoms. The summed E-state index contributed by atoms with van der Waals surface area (Å²) < 4.78 is 5.23. The van der Waals surface area contributed by atoms with Crippen LogP contribution in [0.25, 0.3) is 0 Å². The lowest BCUT2D eigenvalue weighted by Gasteiger charge is -2.27. The first-order chi connectivity index (χ1) is 7.28. The molecule has 0 aromatic carbocycles. The minimum Gasteiger partial charge on any atom is -0.448 e. The Labute approximate surface area is 89.3 Å². The van der Waals surface area contributed by atoms with Crippen LogP contribution in [0.5, 0.6) is 0 Å². The lowest BCUT2D eigenvalue weighted by Crippen LogP contribution is -2.30. The van der Waals surface area contributed by atoms with Gasteiger partial charge < -0.3 is 9.32 Å². The van der Waals surface area contributed by atoms with Crippen molar-refractivity contribution < 1.29 is 9.21 Å². The molecule has 4 heteroatoms. The van der Waals surface area contributed by atoms with Crippen molar-refractivity contribution in [1.82, 2.24) is 9.88 Å². The van der Waals surface area contributed by atoms with Crippen molar-refractivity contribution in [3.8, 4) is 0 Å². The maximum Gasteiger partial charge on any atom is 0.194 e. The molecule has 15 heavy (non-hydrogen) atoms. The first-order valence-electron chi connectivity index (χ1n) is 5.36. The second kappa shape index (κ2) is 4.57. The molecule has 0 spiro atoms. The number of carbonyl (C=O) groups excluding carboxylic acids is 1. The van der Waals surface area contributed by atoms with Gasteiger partial charge in [0, 0.05) is 6.42 Å². The molecule has 2 rings (SSSR count). The number of likely N-dealkylation sites (tertiary alicyclic amines) is 1. The van der Waals surface area contributed by atoms with E-state index in [-0.39, 0.29) is 0 Å². The molecule has 0 N–H and O–H groups in total. The van der Waals surface area contributed by atoms with Crippen molar-refractivity contribution in [1.29, 1.82) is 0 Å². The van der Waals surface area contributed by atoms with Crippen LogP contribution in [0, 0.1) is 5.92 Å². The highest BCUT2D eigenvalue weighted by Crippen LogP contribution is 2.20. The average molecular weight is 208 g/mol. The summed E-state index contributed by atoms with van der Waals surface area (Å²) in [6.07, 6.45) is 5.39. The number of aromatic nitrogens is 1. The van der Waals surface area contributed by atoms with E-state index < -0.39 is 0 Å². The van der Waals surface area contributed by atoms with E-state index in [1.165, 1.54) is 19.1 Å². The predicted molar refractivity (Wildman–Crippen MR) is 55.8 cm³/mol. The van der Waals surface area contributed by atoms with E-state index in [0.717, 1.165) is 25.8 Å². The van der Waals surface area contributed by atoms with Crippen LogP contribution in [0.3, 0.4) is 0 Å². The number of hydrogen-bond acceptors (Lipinski definition) is 4. The van der Waals surface area contributed by atoms with Gasteiger partial charge in [-0.15, -0.1) is 0 Å².